The first kappa shape index (κ1) is 14.0. The van der Waals surface area contributed by atoms with Crippen molar-refractivity contribution < 1.29 is 14.1 Å². The largest absolute Gasteiger partial charge is 0.453 e. The van der Waals surface area contributed by atoms with Gasteiger partial charge in [0.25, 0.3) is 5.69 Å². The van der Waals surface area contributed by atoms with E-state index < -0.39 is 10.7 Å². The monoisotopic (exact) mass is 389 g/mol. The molecule has 98 valence electrons. The summed E-state index contributed by atoms with van der Waals surface area (Å²) < 4.78 is 20.0. The van der Waals surface area contributed by atoms with Gasteiger partial charge in [0.2, 0.25) is 0 Å². The molecule has 2 aromatic rings. The number of benzene rings is 2. The van der Waals surface area contributed by atoms with Gasteiger partial charge in [-0.25, -0.2) is 4.39 Å². The minimum Gasteiger partial charge on any atom is -0.453 e. The van der Waals surface area contributed by atoms with Crippen molar-refractivity contribution in [1.82, 2.24) is 0 Å². The molecule has 0 aliphatic rings. The number of nitrogens with zero attached hydrogens (tertiary/aromatic N) is 1. The van der Waals surface area contributed by atoms with Crippen LogP contribution in [-0.2, 0) is 0 Å². The summed E-state index contributed by atoms with van der Waals surface area (Å²) >= 11 is 6.36. The number of hydrogen-bond donors (Lipinski definition) is 0. The molecule has 0 unspecified atom stereocenters. The smallest absolute Gasteiger partial charge is 0.270 e. The molecule has 0 aromatic heterocycles. The maximum absolute atomic E-state index is 13.5. The van der Waals surface area contributed by atoms with Crippen molar-refractivity contribution in [2.24, 2.45) is 0 Å². The van der Waals surface area contributed by atoms with Gasteiger partial charge in [-0.2, -0.15) is 0 Å². The second kappa shape index (κ2) is 5.66. The Labute approximate surface area is 124 Å². The number of non-ortho nitro benzene ring substituents is 1. The van der Waals surface area contributed by atoms with Crippen molar-refractivity contribution >= 4 is 37.5 Å². The van der Waals surface area contributed by atoms with E-state index in [1.807, 2.05) is 0 Å². The normalized spacial score (nSPS) is 10.3. The van der Waals surface area contributed by atoms with Gasteiger partial charge in [0.15, 0.2) is 11.6 Å². The highest BCUT2D eigenvalue weighted by Gasteiger charge is 2.12. The Morgan fingerprint density at radius 1 is 1.11 bits per heavy atom. The van der Waals surface area contributed by atoms with Gasteiger partial charge < -0.3 is 4.74 Å². The minimum absolute atomic E-state index is 0.0314. The van der Waals surface area contributed by atoms with Gasteiger partial charge in [0, 0.05) is 16.6 Å². The summed E-state index contributed by atoms with van der Waals surface area (Å²) in [6.45, 7) is 0. The lowest BCUT2D eigenvalue weighted by Crippen LogP contribution is -1.92. The molecule has 0 bridgehead atoms. The van der Waals surface area contributed by atoms with Crippen LogP contribution in [0.25, 0.3) is 0 Å². The predicted octanol–water partition coefficient (Wildman–Crippen LogP) is 5.05. The van der Waals surface area contributed by atoms with Gasteiger partial charge in [-0.3, -0.25) is 10.1 Å². The molecule has 2 aromatic carbocycles. The van der Waals surface area contributed by atoms with Gasteiger partial charge in [-0.15, -0.1) is 0 Å². The lowest BCUT2D eigenvalue weighted by Gasteiger charge is -2.08. The SMILES string of the molecule is O=[N+]([O-])c1ccc(Oc2cc(Br)ccc2F)c(Br)c1. The van der Waals surface area contributed by atoms with E-state index in [0.717, 1.165) is 0 Å². The Morgan fingerprint density at radius 3 is 2.47 bits per heavy atom. The molecular formula is C12H6Br2FNO3. The highest BCUT2D eigenvalue weighted by atomic mass is 79.9. The second-order valence-corrected chi connectivity index (χ2v) is 5.32. The molecule has 0 aliphatic heterocycles. The average Bonchev–Trinajstić information content (AvgIpc) is 2.36. The quantitative estimate of drug-likeness (QED) is 0.544. The molecule has 19 heavy (non-hydrogen) atoms. The van der Waals surface area contributed by atoms with Gasteiger partial charge in [-0.05, 0) is 40.2 Å². The fraction of sp³-hybridized carbons (Fsp3) is 0. The van der Waals surface area contributed by atoms with Crippen LogP contribution in [0.1, 0.15) is 0 Å². The van der Waals surface area contributed by atoms with Crippen LogP contribution in [0, 0.1) is 15.9 Å². The molecule has 0 aliphatic carbocycles. The van der Waals surface area contributed by atoms with Crippen molar-refractivity contribution in [3.05, 3.63) is 61.3 Å². The summed E-state index contributed by atoms with van der Waals surface area (Å²) in [4.78, 5) is 10.1. The van der Waals surface area contributed by atoms with Gasteiger partial charge in [0.1, 0.15) is 5.75 Å². The van der Waals surface area contributed by atoms with Crippen molar-refractivity contribution in [2.45, 2.75) is 0 Å². The molecule has 0 saturated carbocycles. The van der Waals surface area contributed by atoms with E-state index in [1.165, 1.54) is 30.3 Å². The Hall–Kier alpha value is -1.47. The molecule has 0 atom stereocenters. The Balaban J connectivity index is 2.33. The summed E-state index contributed by atoms with van der Waals surface area (Å²) in [6, 6.07) is 8.28. The van der Waals surface area contributed by atoms with Crippen LogP contribution in [0.15, 0.2) is 45.3 Å². The van der Waals surface area contributed by atoms with Crippen LogP contribution in [0.2, 0.25) is 0 Å². The third-order valence-corrected chi connectivity index (χ3v) is 3.35. The van der Waals surface area contributed by atoms with Crippen LogP contribution in [0.3, 0.4) is 0 Å². The predicted molar refractivity (Wildman–Crippen MR) is 75.0 cm³/mol. The first-order valence-corrected chi connectivity index (χ1v) is 6.63. The van der Waals surface area contributed by atoms with E-state index in [9.17, 15) is 14.5 Å². The molecular weight excluding hydrogens is 385 g/mol. The van der Waals surface area contributed by atoms with Crippen LogP contribution in [0.5, 0.6) is 11.5 Å². The number of ether oxygens (including phenoxy) is 1. The first-order valence-electron chi connectivity index (χ1n) is 5.04. The second-order valence-electron chi connectivity index (χ2n) is 3.55. The zero-order chi connectivity index (χ0) is 14.0. The summed E-state index contributed by atoms with van der Waals surface area (Å²) in [7, 11) is 0. The van der Waals surface area contributed by atoms with Crippen molar-refractivity contribution in [3.63, 3.8) is 0 Å². The van der Waals surface area contributed by atoms with E-state index in [-0.39, 0.29) is 11.4 Å². The maximum atomic E-state index is 13.5. The molecule has 0 N–H and O–H groups in total. The lowest BCUT2D eigenvalue weighted by atomic mass is 10.3. The lowest BCUT2D eigenvalue weighted by molar-refractivity contribution is -0.384. The molecule has 0 fully saturated rings. The van der Waals surface area contributed by atoms with Crippen LogP contribution in [0.4, 0.5) is 10.1 Å². The zero-order valence-electron chi connectivity index (χ0n) is 9.27. The Bertz CT molecular complexity index is 649. The summed E-state index contributed by atoms with van der Waals surface area (Å²) in [5.74, 6) is -0.194. The molecule has 0 saturated heterocycles. The average molecular weight is 391 g/mol. The topological polar surface area (TPSA) is 52.4 Å². The zero-order valence-corrected chi connectivity index (χ0v) is 12.4. The molecule has 4 nitrogen and oxygen atoms in total. The number of rotatable bonds is 3. The van der Waals surface area contributed by atoms with Crippen molar-refractivity contribution in [1.29, 1.82) is 0 Å². The van der Waals surface area contributed by atoms with E-state index in [0.29, 0.717) is 14.7 Å². The number of halogens is 3. The first-order chi connectivity index (χ1) is 8.97. The fourth-order valence-corrected chi connectivity index (χ4v) is 2.15. The molecule has 7 heteroatoms. The minimum atomic E-state index is -0.520. The molecule has 0 spiro atoms. The third kappa shape index (κ3) is 3.30. The summed E-state index contributed by atoms with van der Waals surface area (Å²) in [6.07, 6.45) is 0. The number of nitro benzene ring substituents is 1. The standard InChI is InChI=1S/C12H6Br2FNO3/c13-7-1-3-10(15)12(5-7)19-11-4-2-8(16(17)18)6-9(11)14/h1-6H. The third-order valence-electron chi connectivity index (χ3n) is 2.24. The molecule has 0 amide bonds. The number of hydrogen-bond acceptors (Lipinski definition) is 3. The fourth-order valence-electron chi connectivity index (χ4n) is 1.36. The highest BCUT2D eigenvalue weighted by Crippen LogP contribution is 2.34. The van der Waals surface area contributed by atoms with E-state index in [4.69, 9.17) is 4.74 Å². The maximum Gasteiger partial charge on any atom is 0.270 e. The van der Waals surface area contributed by atoms with Gasteiger partial charge in [-0.1, -0.05) is 15.9 Å². The molecule has 0 radical (unpaired) electrons. The van der Waals surface area contributed by atoms with E-state index >= 15 is 0 Å². The highest BCUT2D eigenvalue weighted by molar-refractivity contribution is 9.10. The summed E-state index contributed by atoms with van der Waals surface area (Å²) in [5, 5.41) is 10.6. The van der Waals surface area contributed by atoms with Crippen LogP contribution < -0.4 is 4.74 Å². The number of nitro groups is 1. The Kier molecular flexibility index (Phi) is 4.16. The van der Waals surface area contributed by atoms with Crippen LogP contribution in [-0.4, -0.2) is 4.92 Å². The summed E-state index contributed by atoms with van der Waals surface area (Å²) in [5.41, 5.74) is -0.0751. The van der Waals surface area contributed by atoms with E-state index in [2.05, 4.69) is 31.9 Å². The molecule has 0 heterocycles. The van der Waals surface area contributed by atoms with E-state index in [1.54, 1.807) is 6.07 Å². The Morgan fingerprint density at radius 2 is 1.84 bits per heavy atom. The van der Waals surface area contributed by atoms with Crippen LogP contribution >= 0.6 is 31.9 Å². The van der Waals surface area contributed by atoms with Gasteiger partial charge >= 0.3 is 0 Å². The van der Waals surface area contributed by atoms with Gasteiger partial charge in [0.05, 0.1) is 9.40 Å². The van der Waals surface area contributed by atoms with Crippen molar-refractivity contribution in [2.75, 3.05) is 0 Å². The molecule has 2 rings (SSSR count). The van der Waals surface area contributed by atoms with Crippen molar-refractivity contribution in [3.8, 4) is 11.5 Å².